The van der Waals surface area contributed by atoms with E-state index in [-0.39, 0.29) is 24.2 Å². The molecule has 0 radical (unpaired) electrons. The molecule has 1 aromatic rings. The number of ketones is 1. The molecule has 112 valence electrons. The van der Waals surface area contributed by atoms with Crippen LogP contribution in [-0.2, 0) is 16.0 Å². The molecule has 0 saturated heterocycles. The molecule has 0 aliphatic carbocycles. The van der Waals surface area contributed by atoms with Crippen molar-refractivity contribution < 1.29 is 9.59 Å². The molecule has 21 heavy (non-hydrogen) atoms. The molecule has 0 unspecified atom stereocenters. The quantitative estimate of drug-likeness (QED) is 0.671. The second kappa shape index (κ2) is 7.80. The first-order chi connectivity index (χ1) is 9.76. The number of carbonyl (C=O) groups is 2. The summed E-state index contributed by atoms with van der Waals surface area (Å²) in [5.41, 5.74) is 4.17. The number of nitrogens with one attached hydrogen (secondary N) is 1. The van der Waals surface area contributed by atoms with Crippen molar-refractivity contribution in [3.05, 3.63) is 35.9 Å². The average molecular weight is 301 g/mol. The third kappa shape index (κ3) is 8.11. The van der Waals surface area contributed by atoms with Gasteiger partial charge >= 0.3 is 0 Å². The van der Waals surface area contributed by atoms with Gasteiger partial charge in [-0.3, -0.25) is 9.59 Å². The van der Waals surface area contributed by atoms with E-state index >= 15 is 0 Å². The minimum Gasteiger partial charge on any atom is -0.342 e. The van der Waals surface area contributed by atoms with E-state index in [9.17, 15) is 9.59 Å². The fraction of sp³-hybridized carbons (Fsp3) is 0.412. The van der Waals surface area contributed by atoms with Crippen molar-refractivity contribution in [2.24, 2.45) is 0 Å². The van der Waals surface area contributed by atoms with Crippen molar-refractivity contribution in [3.8, 4) is 11.5 Å². The molecule has 0 heterocycles. The highest BCUT2D eigenvalue weighted by atomic mass is 28.3. The topological polar surface area (TPSA) is 46.2 Å². The van der Waals surface area contributed by atoms with Crippen molar-refractivity contribution in [3.63, 3.8) is 0 Å². The average Bonchev–Trinajstić information content (AvgIpc) is 2.35. The first-order valence-electron chi connectivity index (χ1n) is 7.12. The van der Waals surface area contributed by atoms with Crippen LogP contribution in [0.1, 0.15) is 18.9 Å². The summed E-state index contributed by atoms with van der Waals surface area (Å²) in [5, 5.41) is 2.86. The van der Waals surface area contributed by atoms with E-state index in [1.807, 2.05) is 30.3 Å². The van der Waals surface area contributed by atoms with Crippen LogP contribution in [0.4, 0.5) is 0 Å². The molecule has 0 spiro atoms. The molecule has 1 aromatic carbocycles. The third-order valence-electron chi connectivity index (χ3n) is 2.66. The highest BCUT2D eigenvalue weighted by molar-refractivity contribution is 6.83. The first kappa shape index (κ1) is 17.2. The molecule has 0 aromatic heterocycles. The number of hydrogen-bond acceptors (Lipinski definition) is 2. The molecule has 1 rings (SSSR count). The number of Topliss-reactive ketones (excluding diaryl/α,β-unsaturated/α-hetero) is 1. The maximum atomic E-state index is 12.1. The SMILES string of the molecule is CC(=O)C[C@H](C#C[Si](C)(C)C)NC(=O)Cc1ccccc1. The van der Waals surface area contributed by atoms with Gasteiger partial charge in [0.1, 0.15) is 13.9 Å². The summed E-state index contributed by atoms with van der Waals surface area (Å²) in [6, 6.07) is 9.16. The van der Waals surface area contributed by atoms with Crippen LogP contribution in [-0.4, -0.2) is 25.8 Å². The predicted octanol–water partition coefficient (Wildman–Crippen LogP) is 2.57. The van der Waals surface area contributed by atoms with Gasteiger partial charge in [0.05, 0.1) is 12.5 Å². The minimum atomic E-state index is -1.52. The first-order valence-corrected chi connectivity index (χ1v) is 10.6. The molecule has 1 amide bonds. The zero-order chi connectivity index (χ0) is 15.9. The molecule has 0 fully saturated rings. The van der Waals surface area contributed by atoms with Crippen molar-refractivity contribution >= 4 is 19.8 Å². The van der Waals surface area contributed by atoms with E-state index in [0.717, 1.165) is 5.56 Å². The summed E-state index contributed by atoms with van der Waals surface area (Å²) < 4.78 is 0. The Morgan fingerprint density at radius 1 is 1.19 bits per heavy atom. The Morgan fingerprint density at radius 3 is 2.33 bits per heavy atom. The summed E-state index contributed by atoms with van der Waals surface area (Å²) >= 11 is 0. The Hall–Kier alpha value is -1.86. The smallest absolute Gasteiger partial charge is 0.225 e. The van der Waals surface area contributed by atoms with Crippen LogP contribution in [0.15, 0.2) is 30.3 Å². The summed E-state index contributed by atoms with van der Waals surface area (Å²) in [6.45, 7) is 7.93. The van der Waals surface area contributed by atoms with Crippen LogP contribution in [0, 0.1) is 11.5 Å². The Morgan fingerprint density at radius 2 is 1.81 bits per heavy atom. The molecule has 0 saturated carbocycles. The second-order valence-electron chi connectivity index (χ2n) is 6.21. The van der Waals surface area contributed by atoms with Crippen LogP contribution >= 0.6 is 0 Å². The summed E-state index contributed by atoms with van der Waals surface area (Å²) in [7, 11) is -1.52. The maximum absolute atomic E-state index is 12.1. The molecular weight excluding hydrogens is 278 g/mol. The normalized spacial score (nSPS) is 12.0. The van der Waals surface area contributed by atoms with Crippen LogP contribution in [0.5, 0.6) is 0 Å². The fourth-order valence-corrected chi connectivity index (χ4v) is 2.36. The van der Waals surface area contributed by atoms with Gasteiger partial charge < -0.3 is 5.32 Å². The largest absolute Gasteiger partial charge is 0.342 e. The lowest BCUT2D eigenvalue weighted by molar-refractivity contribution is -0.121. The number of amides is 1. The fourth-order valence-electron chi connectivity index (χ4n) is 1.76. The van der Waals surface area contributed by atoms with Gasteiger partial charge in [-0.2, -0.15) is 0 Å². The van der Waals surface area contributed by atoms with Crippen molar-refractivity contribution in [1.82, 2.24) is 5.32 Å². The van der Waals surface area contributed by atoms with Crippen LogP contribution in [0.3, 0.4) is 0 Å². The zero-order valence-electron chi connectivity index (χ0n) is 13.2. The number of benzene rings is 1. The molecule has 1 atom stereocenters. The number of hydrogen-bond donors (Lipinski definition) is 1. The lowest BCUT2D eigenvalue weighted by Crippen LogP contribution is -2.36. The van der Waals surface area contributed by atoms with E-state index < -0.39 is 8.07 Å². The van der Waals surface area contributed by atoms with Crippen molar-refractivity contribution in [2.45, 2.75) is 45.4 Å². The molecular formula is C17H23NO2Si. The van der Waals surface area contributed by atoms with E-state index in [2.05, 4.69) is 36.4 Å². The van der Waals surface area contributed by atoms with Gasteiger partial charge in [0.15, 0.2) is 0 Å². The lowest BCUT2D eigenvalue weighted by atomic mass is 10.1. The van der Waals surface area contributed by atoms with Gasteiger partial charge in [0.2, 0.25) is 5.91 Å². The van der Waals surface area contributed by atoms with Gasteiger partial charge in [-0.05, 0) is 12.5 Å². The Bertz CT molecular complexity index is 550. The van der Waals surface area contributed by atoms with Gasteiger partial charge in [-0.1, -0.05) is 55.9 Å². The van der Waals surface area contributed by atoms with E-state index in [1.54, 1.807) is 0 Å². The lowest BCUT2D eigenvalue weighted by Gasteiger charge is -2.13. The Labute approximate surface area is 128 Å². The summed E-state index contributed by atoms with van der Waals surface area (Å²) in [6.07, 6.45) is 0.571. The minimum absolute atomic E-state index is 0.0323. The second-order valence-corrected chi connectivity index (χ2v) is 11.0. The highest BCUT2D eigenvalue weighted by Gasteiger charge is 2.14. The third-order valence-corrected chi connectivity index (χ3v) is 3.55. The summed E-state index contributed by atoms with van der Waals surface area (Å²) in [4.78, 5) is 23.4. The molecule has 0 aliphatic rings. The van der Waals surface area contributed by atoms with E-state index in [4.69, 9.17) is 0 Å². The van der Waals surface area contributed by atoms with Crippen molar-refractivity contribution in [2.75, 3.05) is 0 Å². The molecule has 0 aliphatic heterocycles. The number of rotatable bonds is 5. The van der Waals surface area contributed by atoms with E-state index in [0.29, 0.717) is 6.42 Å². The van der Waals surface area contributed by atoms with Crippen LogP contribution in [0.2, 0.25) is 19.6 Å². The molecule has 4 heteroatoms. The van der Waals surface area contributed by atoms with E-state index in [1.165, 1.54) is 6.92 Å². The molecule has 0 bridgehead atoms. The molecule has 3 nitrogen and oxygen atoms in total. The van der Waals surface area contributed by atoms with Gasteiger partial charge in [-0.15, -0.1) is 5.54 Å². The standard InChI is InChI=1S/C17H23NO2Si/c1-14(19)12-16(10-11-21(2,3)4)18-17(20)13-15-8-6-5-7-9-15/h5-9,16H,12-13H2,1-4H3,(H,18,20)/t16-/m0/s1. The maximum Gasteiger partial charge on any atom is 0.225 e. The number of carbonyl (C=O) groups excluding carboxylic acids is 2. The van der Waals surface area contributed by atoms with Gasteiger partial charge in [-0.25, -0.2) is 0 Å². The predicted molar refractivity (Wildman–Crippen MR) is 88.5 cm³/mol. The Balaban J connectivity index is 2.69. The summed E-state index contributed by atoms with van der Waals surface area (Å²) in [5.74, 6) is 3.00. The van der Waals surface area contributed by atoms with Gasteiger partial charge in [0, 0.05) is 6.42 Å². The van der Waals surface area contributed by atoms with Crippen LogP contribution < -0.4 is 5.32 Å². The monoisotopic (exact) mass is 301 g/mol. The molecule has 1 N–H and O–H groups in total. The Kier molecular flexibility index (Phi) is 6.38. The van der Waals surface area contributed by atoms with Gasteiger partial charge in [0.25, 0.3) is 0 Å². The van der Waals surface area contributed by atoms with Crippen LogP contribution in [0.25, 0.3) is 0 Å². The highest BCUT2D eigenvalue weighted by Crippen LogP contribution is 2.02. The van der Waals surface area contributed by atoms with Crippen molar-refractivity contribution in [1.29, 1.82) is 0 Å². The zero-order valence-corrected chi connectivity index (χ0v) is 14.2.